The SMILES string of the molecule is Cc1cc(C)c(C2CO2)cc1C. The molecule has 12 heavy (non-hydrogen) atoms. The first-order chi connectivity index (χ1) is 5.68. The van der Waals surface area contributed by atoms with Crippen LogP contribution in [0.2, 0.25) is 0 Å². The Hall–Kier alpha value is -0.820. The van der Waals surface area contributed by atoms with Crippen molar-refractivity contribution in [1.82, 2.24) is 0 Å². The molecule has 1 unspecified atom stereocenters. The molecular weight excluding hydrogens is 148 g/mol. The van der Waals surface area contributed by atoms with Gasteiger partial charge in [-0.15, -0.1) is 0 Å². The highest BCUT2D eigenvalue weighted by Gasteiger charge is 2.26. The zero-order valence-corrected chi connectivity index (χ0v) is 7.85. The first-order valence-electron chi connectivity index (χ1n) is 4.38. The average Bonchev–Trinajstić information content (AvgIpc) is 2.79. The van der Waals surface area contributed by atoms with Gasteiger partial charge in [-0.3, -0.25) is 0 Å². The summed E-state index contributed by atoms with van der Waals surface area (Å²) in [4.78, 5) is 0. The molecule has 0 aliphatic carbocycles. The second-order valence-corrected chi connectivity index (χ2v) is 3.62. The van der Waals surface area contributed by atoms with Gasteiger partial charge in [-0.1, -0.05) is 12.1 Å². The van der Waals surface area contributed by atoms with E-state index in [1.54, 1.807) is 0 Å². The number of hydrogen-bond acceptors (Lipinski definition) is 1. The third-order valence-corrected chi connectivity index (χ3v) is 2.56. The van der Waals surface area contributed by atoms with Crippen molar-refractivity contribution in [3.63, 3.8) is 0 Å². The van der Waals surface area contributed by atoms with Crippen molar-refractivity contribution in [2.24, 2.45) is 0 Å². The second kappa shape index (κ2) is 2.60. The van der Waals surface area contributed by atoms with Gasteiger partial charge in [0, 0.05) is 0 Å². The van der Waals surface area contributed by atoms with Gasteiger partial charge in [0.25, 0.3) is 0 Å². The Morgan fingerprint density at radius 1 is 1.08 bits per heavy atom. The summed E-state index contributed by atoms with van der Waals surface area (Å²) < 4.78 is 5.27. The summed E-state index contributed by atoms with van der Waals surface area (Å²) in [7, 11) is 0. The second-order valence-electron chi connectivity index (χ2n) is 3.62. The minimum atomic E-state index is 0.393. The van der Waals surface area contributed by atoms with E-state index in [1.807, 2.05) is 0 Å². The van der Waals surface area contributed by atoms with E-state index in [2.05, 4.69) is 32.9 Å². The van der Waals surface area contributed by atoms with Gasteiger partial charge in [-0.05, 0) is 43.0 Å². The highest BCUT2D eigenvalue weighted by atomic mass is 16.6. The minimum absolute atomic E-state index is 0.393. The summed E-state index contributed by atoms with van der Waals surface area (Å²) in [5.74, 6) is 0. The topological polar surface area (TPSA) is 12.5 Å². The Kier molecular flexibility index (Phi) is 1.69. The van der Waals surface area contributed by atoms with Gasteiger partial charge in [0.2, 0.25) is 0 Å². The molecule has 1 fully saturated rings. The van der Waals surface area contributed by atoms with Crippen molar-refractivity contribution in [1.29, 1.82) is 0 Å². The summed E-state index contributed by atoms with van der Waals surface area (Å²) in [5.41, 5.74) is 5.47. The van der Waals surface area contributed by atoms with Crippen LogP contribution in [0.25, 0.3) is 0 Å². The van der Waals surface area contributed by atoms with Gasteiger partial charge in [0.05, 0.1) is 6.61 Å². The summed E-state index contributed by atoms with van der Waals surface area (Å²) in [6, 6.07) is 4.49. The maximum atomic E-state index is 5.27. The molecule has 1 aromatic rings. The monoisotopic (exact) mass is 162 g/mol. The largest absolute Gasteiger partial charge is 0.368 e. The Labute approximate surface area is 73.4 Å². The molecule has 0 aromatic heterocycles. The molecule has 0 amide bonds. The number of epoxide rings is 1. The number of benzene rings is 1. The van der Waals surface area contributed by atoms with Gasteiger partial charge in [-0.25, -0.2) is 0 Å². The Morgan fingerprint density at radius 3 is 2.25 bits per heavy atom. The standard InChI is InChI=1S/C11H14O/c1-7-4-9(3)10(5-8(7)2)11-6-12-11/h4-5,11H,6H2,1-3H3. The van der Waals surface area contributed by atoms with Crippen LogP contribution in [0, 0.1) is 20.8 Å². The smallest absolute Gasteiger partial charge is 0.106 e. The summed E-state index contributed by atoms with van der Waals surface area (Å²) >= 11 is 0. The van der Waals surface area contributed by atoms with Crippen LogP contribution in [-0.4, -0.2) is 6.61 Å². The molecule has 0 saturated carbocycles. The maximum Gasteiger partial charge on any atom is 0.106 e. The highest BCUT2D eigenvalue weighted by molar-refractivity contribution is 5.38. The number of rotatable bonds is 1. The molecular formula is C11H14O. The third-order valence-electron chi connectivity index (χ3n) is 2.56. The van der Waals surface area contributed by atoms with E-state index in [0.717, 1.165) is 6.61 Å². The molecule has 1 nitrogen and oxygen atoms in total. The zero-order valence-electron chi connectivity index (χ0n) is 7.85. The number of aryl methyl sites for hydroxylation is 3. The zero-order chi connectivity index (χ0) is 8.72. The number of hydrogen-bond donors (Lipinski definition) is 0. The van der Waals surface area contributed by atoms with E-state index in [0.29, 0.717) is 6.10 Å². The molecule has 1 saturated heterocycles. The van der Waals surface area contributed by atoms with Crippen LogP contribution in [-0.2, 0) is 4.74 Å². The van der Waals surface area contributed by atoms with Crippen LogP contribution in [0.1, 0.15) is 28.4 Å². The van der Waals surface area contributed by atoms with Crippen molar-refractivity contribution in [2.75, 3.05) is 6.61 Å². The molecule has 1 heteroatoms. The molecule has 1 heterocycles. The summed E-state index contributed by atoms with van der Waals surface area (Å²) in [6.45, 7) is 7.37. The quantitative estimate of drug-likeness (QED) is 0.578. The molecule has 1 aromatic carbocycles. The van der Waals surface area contributed by atoms with E-state index in [4.69, 9.17) is 4.74 Å². The first-order valence-corrected chi connectivity index (χ1v) is 4.38. The lowest BCUT2D eigenvalue weighted by Gasteiger charge is -2.06. The molecule has 0 radical (unpaired) electrons. The molecule has 0 bridgehead atoms. The Bertz CT molecular complexity index is 311. The predicted molar refractivity (Wildman–Crippen MR) is 49.3 cm³/mol. The maximum absolute atomic E-state index is 5.27. The van der Waals surface area contributed by atoms with E-state index >= 15 is 0 Å². The van der Waals surface area contributed by atoms with Gasteiger partial charge in [0.1, 0.15) is 6.10 Å². The van der Waals surface area contributed by atoms with E-state index in [9.17, 15) is 0 Å². The molecule has 0 spiro atoms. The van der Waals surface area contributed by atoms with Crippen LogP contribution in [0.4, 0.5) is 0 Å². The lowest BCUT2D eigenvalue weighted by molar-refractivity contribution is 0.415. The van der Waals surface area contributed by atoms with Crippen molar-refractivity contribution in [3.05, 3.63) is 34.4 Å². The van der Waals surface area contributed by atoms with Crippen molar-refractivity contribution >= 4 is 0 Å². The fourth-order valence-electron chi connectivity index (χ4n) is 1.56. The van der Waals surface area contributed by atoms with E-state index in [1.165, 1.54) is 22.3 Å². The molecule has 1 aliphatic heterocycles. The summed E-state index contributed by atoms with van der Waals surface area (Å²) in [6.07, 6.45) is 0.393. The fourth-order valence-corrected chi connectivity index (χ4v) is 1.56. The first kappa shape index (κ1) is 7.81. The van der Waals surface area contributed by atoms with Gasteiger partial charge in [0.15, 0.2) is 0 Å². The van der Waals surface area contributed by atoms with Crippen molar-refractivity contribution in [3.8, 4) is 0 Å². The van der Waals surface area contributed by atoms with Crippen LogP contribution < -0.4 is 0 Å². The molecule has 2 rings (SSSR count). The van der Waals surface area contributed by atoms with Crippen LogP contribution >= 0.6 is 0 Å². The van der Waals surface area contributed by atoms with Gasteiger partial charge >= 0.3 is 0 Å². The van der Waals surface area contributed by atoms with Crippen LogP contribution in [0.5, 0.6) is 0 Å². The van der Waals surface area contributed by atoms with Gasteiger partial charge in [-0.2, -0.15) is 0 Å². The molecule has 0 N–H and O–H groups in total. The lowest BCUT2D eigenvalue weighted by Crippen LogP contribution is -1.91. The minimum Gasteiger partial charge on any atom is -0.368 e. The number of ether oxygens (including phenoxy) is 1. The highest BCUT2D eigenvalue weighted by Crippen LogP contribution is 2.33. The lowest BCUT2D eigenvalue weighted by atomic mass is 9.99. The normalized spacial score (nSPS) is 21.1. The molecule has 1 aliphatic rings. The average molecular weight is 162 g/mol. The molecule has 64 valence electrons. The van der Waals surface area contributed by atoms with E-state index in [-0.39, 0.29) is 0 Å². The molecule has 1 atom stereocenters. The van der Waals surface area contributed by atoms with Crippen LogP contribution in [0.15, 0.2) is 12.1 Å². The van der Waals surface area contributed by atoms with Crippen molar-refractivity contribution < 1.29 is 4.74 Å². The summed E-state index contributed by atoms with van der Waals surface area (Å²) in [5, 5.41) is 0. The Balaban J connectivity index is 2.47. The van der Waals surface area contributed by atoms with E-state index < -0.39 is 0 Å². The third kappa shape index (κ3) is 1.25. The van der Waals surface area contributed by atoms with Crippen LogP contribution in [0.3, 0.4) is 0 Å². The fraction of sp³-hybridized carbons (Fsp3) is 0.455. The van der Waals surface area contributed by atoms with Crippen molar-refractivity contribution in [2.45, 2.75) is 26.9 Å². The Morgan fingerprint density at radius 2 is 1.67 bits per heavy atom. The van der Waals surface area contributed by atoms with Gasteiger partial charge < -0.3 is 4.74 Å². The predicted octanol–water partition coefficient (Wildman–Crippen LogP) is 2.68.